The van der Waals surface area contributed by atoms with Crippen LogP contribution < -0.4 is 5.32 Å². The molecule has 0 radical (unpaired) electrons. The third-order valence-corrected chi connectivity index (χ3v) is 5.58. The molecule has 20 heavy (non-hydrogen) atoms. The lowest BCUT2D eigenvalue weighted by Crippen LogP contribution is -2.41. The standard InChI is InChI=1S/C17H26FNS/c1-3-9-19-16(17-6-4-5-10-20-17)12-14-7-8-15(18)11-13(14)2/h7-8,11,16-17,19H,3-6,9-10,12H2,1-2H3. The average molecular weight is 295 g/mol. The van der Waals surface area contributed by atoms with E-state index >= 15 is 0 Å². The third-order valence-electron chi connectivity index (χ3n) is 4.06. The molecular weight excluding hydrogens is 269 g/mol. The first-order chi connectivity index (χ1) is 9.70. The van der Waals surface area contributed by atoms with Gasteiger partial charge < -0.3 is 5.32 Å². The topological polar surface area (TPSA) is 12.0 Å². The Bertz CT molecular complexity index is 415. The summed E-state index contributed by atoms with van der Waals surface area (Å²) >= 11 is 2.11. The lowest BCUT2D eigenvalue weighted by molar-refractivity contribution is 0.460. The van der Waals surface area contributed by atoms with E-state index in [0.717, 1.165) is 24.9 Å². The van der Waals surface area contributed by atoms with Crippen LogP contribution in [0, 0.1) is 12.7 Å². The predicted octanol–water partition coefficient (Wildman–Crippen LogP) is 4.33. The maximum Gasteiger partial charge on any atom is 0.123 e. The van der Waals surface area contributed by atoms with Crippen LogP contribution in [-0.2, 0) is 6.42 Å². The summed E-state index contributed by atoms with van der Waals surface area (Å²) in [5.74, 6) is 1.16. The number of hydrogen-bond acceptors (Lipinski definition) is 2. The van der Waals surface area contributed by atoms with Crippen molar-refractivity contribution >= 4 is 11.8 Å². The first-order valence-corrected chi connectivity index (χ1v) is 8.85. The maximum atomic E-state index is 13.2. The molecule has 3 heteroatoms. The summed E-state index contributed by atoms with van der Waals surface area (Å²) in [6.07, 6.45) is 6.20. The van der Waals surface area contributed by atoms with Crippen LogP contribution in [0.15, 0.2) is 18.2 Å². The molecule has 0 spiro atoms. The molecular formula is C17H26FNS. The smallest absolute Gasteiger partial charge is 0.123 e. The minimum Gasteiger partial charge on any atom is -0.313 e. The molecule has 1 saturated heterocycles. The van der Waals surface area contributed by atoms with E-state index in [4.69, 9.17) is 0 Å². The van der Waals surface area contributed by atoms with Crippen molar-refractivity contribution in [2.45, 2.75) is 57.2 Å². The molecule has 2 rings (SSSR count). The fourth-order valence-corrected chi connectivity index (χ4v) is 4.30. The molecule has 1 aromatic rings. The Morgan fingerprint density at radius 1 is 1.40 bits per heavy atom. The zero-order valence-electron chi connectivity index (χ0n) is 12.6. The summed E-state index contributed by atoms with van der Waals surface area (Å²) in [7, 11) is 0. The number of thioether (sulfide) groups is 1. The Hall–Kier alpha value is -0.540. The lowest BCUT2D eigenvalue weighted by atomic mass is 9.96. The monoisotopic (exact) mass is 295 g/mol. The second-order valence-corrected chi connectivity index (χ2v) is 7.09. The Morgan fingerprint density at radius 2 is 2.25 bits per heavy atom. The van der Waals surface area contributed by atoms with Crippen LogP contribution >= 0.6 is 11.8 Å². The van der Waals surface area contributed by atoms with E-state index in [-0.39, 0.29) is 5.82 Å². The number of aryl methyl sites for hydroxylation is 1. The van der Waals surface area contributed by atoms with E-state index in [1.54, 1.807) is 12.1 Å². The van der Waals surface area contributed by atoms with Crippen molar-refractivity contribution in [3.63, 3.8) is 0 Å². The van der Waals surface area contributed by atoms with Gasteiger partial charge >= 0.3 is 0 Å². The molecule has 0 aliphatic carbocycles. The molecule has 0 bridgehead atoms. The van der Waals surface area contributed by atoms with Crippen molar-refractivity contribution in [1.29, 1.82) is 0 Å². The molecule has 112 valence electrons. The fraction of sp³-hybridized carbons (Fsp3) is 0.647. The average Bonchev–Trinajstić information content (AvgIpc) is 2.46. The molecule has 1 fully saturated rings. The molecule has 2 unspecified atom stereocenters. The van der Waals surface area contributed by atoms with Crippen molar-refractivity contribution in [2.75, 3.05) is 12.3 Å². The van der Waals surface area contributed by atoms with Gasteiger partial charge in [0.25, 0.3) is 0 Å². The Labute approximate surface area is 126 Å². The quantitative estimate of drug-likeness (QED) is 0.838. The van der Waals surface area contributed by atoms with E-state index in [9.17, 15) is 4.39 Å². The van der Waals surface area contributed by atoms with Crippen LogP contribution in [0.1, 0.15) is 43.7 Å². The van der Waals surface area contributed by atoms with E-state index < -0.39 is 0 Å². The van der Waals surface area contributed by atoms with Crippen LogP contribution in [0.5, 0.6) is 0 Å². The van der Waals surface area contributed by atoms with E-state index in [1.165, 1.54) is 30.6 Å². The van der Waals surface area contributed by atoms with Gasteiger partial charge in [-0.15, -0.1) is 0 Å². The highest BCUT2D eigenvalue weighted by atomic mass is 32.2. The van der Waals surface area contributed by atoms with Gasteiger partial charge in [0.05, 0.1) is 0 Å². The molecule has 1 aromatic carbocycles. The first kappa shape index (κ1) is 15.8. The van der Waals surface area contributed by atoms with Crippen LogP contribution in [0.25, 0.3) is 0 Å². The summed E-state index contributed by atoms with van der Waals surface area (Å²) < 4.78 is 13.2. The largest absolute Gasteiger partial charge is 0.313 e. The third kappa shape index (κ3) is 4.49. The van der Waals surface area contributed by atoms with Gasteiger partial charge in [0.15, 0.2) is 0 Å². The van der Waals surface area contributed by atoms with Gasteiger partial charge in [0.2, 0.25) is 0 Å². The molecule has 2 atom stereocenters. The zero-order chi connectivity index (χ0) is 14.4. The van der Waals surface area contributed by atoms with E-state index in [0.29, 0.717) is 11.3 Å². The summed E-state index contributed by atoms with van der Waals surface area (Å²) in [5.41, 5.74) is 2.36. The van der Waals surface area contributed by atoms with Crippen molar-refractivity contribution < 1.29 is 4.39 Å². The summed E-state index contributed by atoms with van der Waals surface area (Å²) in [6, 6.07) is 5.72. The van der Waals surface area contributed by atoms with Gasteiger partial charge in [0.1, 0.15) is 5.82 Å². The Morgan fingerprint density at radius 3 is 2.90 bits per heavy atom. The highest BCUT2D eigenvalue weighted by Crippen LogP contribution is 2.29. The second kappa shape index (κ2) is 8.04. The van der Waals surface area contributed by atoms with E-state index in [2.05, 4.69) is 24.0 Å². The number of halogens is 1. The summed E-state index contributed by atoms with van der Waals surface area (Å²) in [4.78, 5) is 0. The van der Waals surface area contributed by atoms with E-state index in [1.807, 2.05) is 13.0 Å². The normalized spacial score (nSPS) is 20.9. The molecule has 0 amide bonds. The molecule has 0 saturated carbocycles. The number of hydrogen-bond donors (Lipinski definition) is 1. The Kier molecular flexibility index (Phi) is 6.37. The van der Waals surface area contributed by atoms with Gasteiger partial charge in [-0.2, -0.15) is 11.8 Å². The predicted molar refractivity (Wildman–Crippen MR) is 87.0 cm³/mol. The number of rotatable bonds is 6. The SMILES string of the molecule is CCCNC(Cc1ccc(F)cc1C)C1CCCCS1. The van der Waals surface area contributed by atoms with Crippen LogP contribution in [0.3, 0.4) is 0 Å². The fourth-order valence-electron chi connectivity index (χ4n) is 2.87. The minimum absolute atomic E-state index is 0.128. The van der Waals surface area contributed by atoms with Gasteiger partial charge in [0, 0.05) is 11.3 Å². The van der Waals surface area contributed by atoms with Crippen LogP contribution in [0.4, 0.5) is 4.39 Å². The van der Waals surface area contributed by atoms with Crippen LogP contribution in [0.2, 0.25) is 0 Å². The molecule has 1 aliphatic heterocycles. The molecule has 1 N–H and O–H groups in total. The van der Waals surface area contributed by atoms with Crippen molar-refractivity contribution in [1.82, 2.24) is 5.32 Å². The number of nitrogens with one attached hydrogen (secondary N) is 1. The van der Waals surface area contributed by atoms with Crippen molar-refractivity contribution in [3.05, 3.63) is 35.1 Å². The summed E-state index contributed by atoms with van der Waals surface area (Å²) in [6.45, 7) is 5.30. The van der Waals surface area contributed by atoms with Crippen molar-refractivity contribution in [2.24, 2.45) is 0 Å². The van der Waals surface area contributed by atoms with Gasteiger partial charge in [-0.1, -0.05) is 19.4 Å². The molecule has 1 heterocycles. The van der Waals surface area contributed by atoms with Gasteiger partial charge in [-0.3, -0.25) is 0 Å². The Balaban J connectivity index is 2.05. The maximum absolute atomic E-state index is 13.2. The lowest BCUT2D eigenvalue weighted by Gasteiger charge is -2.31. The second-order valence-electron chi connectivity index (χ2n) is 5.74. The van der Waals surface area contributed by atoms with Crippen LogP contribution in [-0.4, -0.2) is 23.6 Å². The number of benzene rings is 1. The minimum atomic E-state index is -0.128. The highest BCUT2D eigenvalue weighted by Gasteiger charge is 2.24. The molecule has 0 aromatic heterocycles. The summed E-state index contributed by atoms with van der Waals surface area (Å²) in [5, 5.41) is 4.42. The zero-order valence-corrected chi connectivity index (χ0v) is 13.4. The van der Waals surface area contributed by atoms with Gasteiger partial charge in [-0.05, 0) is 68.2 Å². The highest BCUT2D eigenvalue weighted by molar-refractivity contribution is 8.00. The van der Waals surface area contributed by atoms with Crippen molar-refractivity contribution in [3.8, 4) is 0 Å². The first-order valence-electron chi connectivity index (χ1n) is 7.80. The molecule has 1 nitrogen and oxygen atoms in total. The molecule has 1 aliphatic rings. The van der Waals surface area contributed by atoms with Gasteiger partial charge in [-0.25, -0.2) is 4.39 Å².